The van der Waals surface area contributed by atoms with Crippen LogP contribution in [0.3, 0.4) is 0 Å². The molecule has 0 saturated carbocycles. The van der Waals surface area contributed by atoms with Crippen molar-refractivity contribution in [2.45, 2.75) is 19.9 Å². The first-order valence-corrected chi connectivity index (χ1v) is 5.69. The molecule has 0 unspecified atom stereocenters. The number of hydrogen-bond donors (Lipinski definition) is 1. The molecule has 0 aliphatic heterocycles. The fourth-order valence-corrected chi connectivity index (χ4v) is 2.34. The molecule has 5 heteroatoms. The Kier molecular flexibility index (Phi) is 2.83. The average Bonchev–Trinajstić information content (AvgIpc) is 2.59. The Morgan fingerprint density at radius 1 is 1.60 bits per heavy atom. The van der Waals surface area contributed by atoms with Crippen LogP contribution in [-0.4, -0.2) is 16.1 Å². The highest BCUT2D eigenvalue weighted by molar-refractivity contribution is 7.18. The number of rotatable bonds is 3. The number of hydrogen-bond acceptors (Lipinski definition) is 4. The minimum Gasteiger partial charge on any atom is -0.330 e. The minimum absolute atomic E-state index is 0.0396. The third kappa shape index (κ3) is 1.93. The SMILES string of the molecule is Cc1cc2c(=O)n(CCCN)cnc2s1. The van der Waals surface area contributed by atoms with Crippen LogP contribution in [0.4, 0.5) is 0 Å². The van der Waals surface area contributed by atoms with E-state index in [0.717, 1.165) is 21.5 Å². The van der Waals surface area contributed by atoms with Crippen molar-refractivity contribution in [3.05, 3.63) is 27.6 Å². The summed E-state index contributed by atoms with van der Waals surface area (Å²) in [6, 6.07) is 1.90. The van der Waals surface area contributed by atoms with Crippen LogP contribution in [0.2, 0.25) is 0 Å². The summed E-state index contributed by atoms with van der Waals surface area (Å²) in [4.78, 5) is 18.1. The summed E-state index contributed by atoms with van der Waals surface area (Å²) >= 11 is 1.55. The van der Waals surface area contributed by atoms with Crippen molar-refractivity contribution in [1.29, 1.82) is 0 Å². The van der Waals surface area contributed by atoms with Gasteiger partial charge < -0.3 is 5.73 Å². The molecular formula is C10H13N3OS. The topological polar surface area (TPSA) is 60.9 Å². The van der Waals surface area contributed by atoms with Gasteiger partial charge in [0.25, 0.3) is 5.56 Å². The van der Waals surface area contributed by atoms with Crippen LogP contribution in [0.15, 0.2) is 17.2 Å². The first kappa shape index (κ1) is 10.3. The van der Waals surface area contributed by atoms with Gasteiger partial charge in [0.1, 0.15) is 4.83 Å². The van der Waals surface area contributed by atoms with Crippen molar-refractivity contribution >= 4 is 21.6 Å². The summed E-state index contributed by atoms with van der Waals surface area (Å²) in [5.74, 6) is 0. The Labute approximate surface area is 91.4 Å². The molecule has 15 heavy (non-hydrogen) atoms. The largest absolute Gasteiger partial charge is 0.330 e. The highest BCUT2D eigenvalue weighted by atomic mass is 32.1. The molecule has 80 valence electrons. The van der Waals surface area contributed by atoms with Gasteiger partial charge in [0.15, 0.2) is 0 Å². The van der Waals surface area contributed by atoms with Gasteiger partial charge >= 0.3 is 0 Å². The van der Waals surface area contributed by atoms with Crippen LogP contribution in [0.25, 0.3) is 10.2 Å². The summed E-state index contributed by atoms with van der Waals surface area (Å²) in [7, 11) is 0. The molecule has 0 saturated heterocycles. The first-order valence-electron chi connectivity index (χ1n) is 4.88. The van der Waals surface area contributed by atoms with Crippen molar-refractivity contribution in [2.75, 3.05) is 6.54 Å². The number of aryl methyl sites for hydroxylation is 2. The van der Waals surface area contributed by atoms with E-state index in [9.17, 15) is 4.79 Å². The lowest BCUT2D eigenvalue weighted by Crippen LogP contribution is -2.21. The Hall–Kier alpha value is -1.20. The van der Waals surface area contributed by atoms with Crippen LogP contribution in [0.1, 0.15) is 11.3 Å². The zero-order chi connectivity index (χ0) is 10.8. The quantitative estimate of drug-likeness (QED) is 0.848. The summed E-state index contributed by atoms with van der Waals surface area (Å²) in [6.07, 6.45) is 2.41. The summed E-state index contributed by atoms with van der Waals surface area (Å²) in [5, 5.41) is 0.719. The molecule has 4 nitrogen and oxygen atoms in total. The van der Waals surface area contributed by atoms with Crippen LogP contribution >= 0.6 is 11.3 Å². The van der Waals surface area contributed by atoms with Gasteiger partial charge in [0, 0.05) is 11.4 Å². The molecular weight excluding hydrogens is 210 g/mol. The second-order valence-corrected chi connectivity index (χ2v) is 4.70. The predicted octanol–water partition coefficient (Wildman–Crippen LogP) is 1.12. The molecule has 0 atom stereocenters. The van der Waals surface area contributed by atoms with Crippen LogP contribution in [-0.2, 0) is 6.54 Å². The second-order valence-electron chi connectivity index (χ2n) is 3.46. The van der Waals surface area contributed by atoms with Gasteiger partial charge in [-0.15, -0.1) is 11.3 Å². The zero-order valence-corrected chi connectivity index (χ0v) is 9.38. The molecule has 2 heterocycles. The summed E-state index contributed by atoms with van der Waals surface area (Å²) in [6.45, 7) is 3.22. The number of aromatic nitrogens is 2. The fourth-order valence-electron chi connectivity index (χ4n) is 1.50. The maximum absolute atomic E-state index is 11.9. The molecule has 0 aliphatic rings. The highest BCUT2D eigenvalue weighted by Crippen LogP contribution is 2.19. The molecule has 0 radical (unpaired) electrons. The minimum atomic E-state index is 0.0396. The van der Waals surface area contributed by atoms with E-state index in [2.05, 4.69) is 4.98 Å². The number of nitrogens with two attached hydrogens (primary N) is 1. The van der Waals surface area contributed by atoms with Crippen molar-refractivity contribution in [2.24, 2.45) is 5.73 Å². The molecule has 0 bridgehead atoms. The molecule has 0 fully saturated rings. The fraction of sp³-hybridized carbons (Fsp3) is 0.400. The van der Waals surface area contributed by atoms with E-state index in [1.54, 1.807) is 22.2 Å². The van der Waals surface area contributed by atoms with Crippen molar-refractivity contribution in [3.63, 3.8) is 0 Å². The smallest absolute Gasteiger partial charge is 0.262 e. The zero-order valence-electron chi connectivity index (χ0n) is 8.56. The van der Waals surface area contributed by atoms with E-state index in [0.29, 0.717) is 13.1 Å². The second kappa shape index (κ2) is 4.12. The lowest BCUT2D eigenvalue weighted by atomic mass is 10.3. The van der Waals surface area contributed by atoms with Gasteiger partial charge in [-0.3, -0.25) is 9.36 Å². The molecule has 0 aromatic carbocycles. The molecule has 0 spiro atoms. The van der Waals surface area contributed by atoms with Gasteiger partial charge in [-0.1, -0.05) is 0 Å². The van der Waals surface area contributed by atoms with Crippen LogP contribution in [0, 0.1) is 6.92 Å². The lowest BCUT2D eigenvalue weighted by Gasteiger charge is -2.02. The standard InChI is InChI=1S/C10H13N3OS/c1-7-5-8-9(15-7)12-6-13(10(8)14)4-2-3-11/h5-6H,2-4,11H2,1H3. The highest BCUT2D eigenvalue weighted by Gasteiger charge is 2.06. The maximum atomic E-state index is 11.9. The van der Waals surface area contributed by atoms with E-state index in [1.165, 1.54) is 0 Å². The number of thiophene rings is 1. The van der Waals surface area contributed by atoms with Crippen molar-refractivity contribution in [3.8, 4) is 0 Å². The first-order chi connectivity index (χ1) is 7.22. The Morgan fingerprint density at radius 2 is 2.40 bits per heavy atom. The monoisotopic (exact) mass is 223 g/mol. The normalized spacial score (nSPS) is 11.1. The molecule has 2 aromatic heterocycles. The molecule has 2 rings (SSSR count). The van der Waals surface area contributed by atoms with E-state index < -0.39 is 0 Å². The predicted molar refractivity (Wildman–Crippen MR) is 62.3 cm³/mol. The molecule has 2 aromatic rings. The van der Waals surface area contributed by atoms with E-state index >= 15 is 0 Å². The maximum Gasteiger partial charge on any atom is 0.262 e. The van der Waals surface area contributed by atoms with Gasteiger partial charge in [-0.2, -0.15) is 0 Å². The van der Waals surface area contributed by atoms with Crippen molar-refractivity contribution in [1.82, 2.24) is 9.55 Å². The van der Waals surface area contributed by atoms with Gasteiger partial charge in [0.05, 0.1) is 11.7 Å². The van der Waals surface area contributed by atoms with Crippen LogP contribution in [0.5, 0.6) is 0 Å². The third-order valence-electron chi connectivity index (χ3n) is 2.24. The lowest BCUT2D eigenvalue weighted by molar-refractivity contribution is 0.625. The van der Waals surface area contributed by atoms with Crippen LogP contribution < -0.4 is 11.3 Å². The Morgan fingerprint density at radius 3 is 3.13 bits per heavy atom. The van der Waals surface area contributed by atoms with Gasteiger partial charge in [-0.25, -0.2) is 4.98 Å². The number of fused-ring (bicyclic) bond motifs is 1. The number of nitrogens with zero attached hydrogens (tertiary/aromatic N) is 2. The third-order valence-corrected chi connectivity index (χ3v) is 3.20. The Bertz CT molecular complexity index is 529. The Balaban J connectivity index is 2.50. The van der Waals surface area contributed by atoms with Gasteiger partial charge in [-0.05, 0) is 26.0 Å². The van der Waals surface area contributed by atoms with Crippen molar-refractivity contribution < 1.29 is 0 Å². The summed E-state index contributed by atoms with van der Waals surface area (Å²) in [5.41, 5.74) is 5.45. The van der Waals surface area contributed by atoms with E-state index in [4.69, 9.17) is 5.73 Å². The van der Waals surface area contributed by atoms with Gasteiger partial charge in [0.2, 0.25) is 0 Å². The molecule has 0 amide bonds. The van der Waals surface area contributed by atoms with E-state index in [1.807, 2.05) is 13.0 Å². The van der Waals surface area contributed by atoms with E-state index in [-0.39, 0.29) is 5.56 Å². The average molecular weight is 223 g/mol. The summed E-state index contributed by atoms with van der Waals surface area (Å²) < 4.78 is 1.63. The molecule has 0 aliphatic carbocycles. The molecule has 2 N–H and O–H groups in total.